The summed E-state index contributed by atoms with van der Waals surface area (Å²) in [5.74, 6) is 1.56. The molecular weight excluding hydrogens is 402 g/mol. The molecule has 6 nitrogen and oxygen atoms in total. The van der Waals surface area contributed by atoms with Crippen molar-refractivity contribution in [3.8, 4) is 11.5 Å². The molecule has 0 radical (unpaired) electrons. The molecule has 1 fully saturated rings. The highest BCUT2D eigenvalue weighted by Crippen LogP contribution is 2.23. The van der Waals surface area contributed by atoms with E-state index in [0.717, 1.165) is 72.8 Å². The van der Waals surface area contributed by atoms with E-state index >= 15 is 0 Å². The molecule has 32 heavy (non-hydrogen) atoms. The van der Waals surface area contributed by atoms with Crippen LogP contribution in [0.15, 0.2) is 68.2 Å². The van der Waals surface area contributed by atoms with Crippen molar-refractivity contribution in [1.29, 1.82) is 0 Å². The predicted molar refractivity (Wildman–Crippen MR) is 124 cm³/mol. The van der Waals surface area contributed by atoms with Gasteiger partial charge >= 0.3 is 5.63 Å². The van der Waals surface area contributed by atoms with Gasteiger partial charge in [-0.3, -0.25) is 9.80 Å². The lowest BCUT2D eigenvalue weighted by atomic mass is 10.1. The van der Waals surface area contributed by atoms with E-state index in [-0.39, 0.29) is 5.63 Å². The van der Waals surface area contributed by atoms with E-state index < -0.39 is 0 Å². The van der Waals surface area contributed by atoms with Crippen molar-refractivity contribution in [3.05, 3.63) is 87.6 Å². The number of hydrogen-bond donors (Lipinski definition) is 0. The van der Waals surface area contributed by atoms with E-state index in [1.54, 1.807) is 6.07 Å². The molecule has 0 atom stereocenters. The molecule has 1 aliphatic heterocycles. The quantitative estimate of drug-likeness (QED) is 0.439. The maximum atomic E-state index is 12.0. The largest absolute Gasteiger partial charge is 0.441 e. The first-order valence-corrected chi connectivity index (χ1v) is 11.0. The Hall–Kier alpha value is -3.22. The average molecular weight is 430 g/mol. The van der Waals surface area contributed by atoms with Crippen molar-refractivity contribution in [2.75, 3.05) is 26.2 Å². The van der Waals surface area contributed by atoms with Crippen LogP contribution in [0.25, 0.3) is 22.4 Å². The van der Waals surface area contributed by atoms with Crippen LogP contribution >= 0.6 is 0 Å². The van der Waals surface area contributed by atoms with E-state index in [9.17, 15) is 4.79 Å². The zero-order valence-corrected chi connectivity index (χ0v) is 18.5. The Bertz CT molecular complexity index is 1280. The lowest BCUT2D eigenvalue weighted by Gasteiger charge is -2.34. The highest BCUT2D eigenvalue weighted by atomic mass is 16.4. The van der Waals surface area contributed by atoms with Gasteiger partial charge in [-0.25, -0.2) is 9.78 Å². The number of aryl methyl sites for hydroxylation is 2. The summed E-state index contributed by atoms with van der Waals surface area (Å²) in [6.45, 7) is 9.31. The molecule has 0 spiro atoms. The molecule has 1 aliphatic rings. The fraction of sp³-hybridized carbons (Fsp3) is 0.308. The highest BCUT2D eigenvalue weighted by Gasteiger charge is 2.21. The second-order valence-electron chi connectivity index (χ2n) is 8.53. The SMILES string of the molecule is Cc1ccc2c(CN3CCN(Cc4nc(-c5ccccc5)oc4C)CC3)cc(=O)oc2c1. The highest BCUT2D eigenvalue weighted by molar-refractivity contribution is 5.80. The number of benzene rings is 2. The zero-order valence-electron chi connectivity index (χ0n) is 18.5. The molecule has 0 bridgehead atoms. The minimum Gasteiger partial charge on any atom is -0.441 e. The van der Waals surface area contributed by atoms with Crippen LogP contribution in [0.1, 0.15) is 22.6 Å². The van der Waals surface area contributed by atoms with Gasteiger partial charge in [0.1, 0.15) is 11.3 Å². The molecule has 3 heterocycles. The average Bonchev–Trinajstić information content (AvgIpc) is 3.15. The lowest BCUT2D eigenvalue weighted by Crippen LogP contribution is -2.45. The van der Waals surface area contributed by atoms with Crippen LogP contribution in [-0.2, 0) is 13.1 Å². The zero-order chi connectivity index (χ0) is 22.1. The fourth-order valence-corrected chi connectivity index (χ4v) is 4.31. The Morgan fingerprint density at radius 2 is 1.59 bits per heavy atom. The smallest absolute Gasteiger partial charge is 0.336 e. The van der Waals surface area contributed by atoms with Gasteiger partial charge in [0.05, 0.1) is 5.69 Å². The van der Waals surface area contributed by atoms with Crippen LogP contribution in [0, 0.1) is 13.8 Å². The molecule has 1 saturated heterocycles. The molecule has 6 heteroatoms. The third kappa shape index (κ3) is 4.38. The van der Waals surface area contributed by atoms with Gasteiger partial charge in [0.15, 0.2) is 0 Å². The summed E-state index contributed by atoms with van der Waals surface area (Å²) in [4.78, 5) is 21.6. The van der Waals surface area contributed by atoms with E-state index in [1.165, 1.54) is 0 Å². The molecule has 5 rings (SSSR count). The van der Waals surface area contributed by atoms with Crippen LogP contribution in [0.5, 0.6) is 0 Å². The molecule has 0 amide bonds. The summed E-state index contributed by atoms with van der Waals surface area (Å²) >= 11 is 0. The van der Waals surface area contributed by atoms with Crippen LogP contribution in [0.3, 0.4) is 0 Å². The predicted octanol–water partition coefficient (Wildman–Crippen LogP) is 4.38. The molecule has 4 aromatic rings. The second-order valence-corrected chi connectivity index (χ2v) is 8.53. The summed E-state index contributed by atoms with van der Waals surface area (Å²) < 4.78 is 11.3. The number of hydrogen-bond acceptors (Lipinski definition) is 6. The minimum atomic E-state index is -0.285. The van der Waals surface area contributed by atoms with Crippen LogP contribution in [-0.4, -0.2) is 41.0 Å². The molecule has 0 saturated carbocycles. The van der Waals surface area contributed by atoms with Crippen molar-refractivity contribution in [3.63, 3.8) is 0 Å². The van der Waals surface area contributed by atoms with Gasteiger partial charge in [-0.1, -0.05) is 30.3 Å². The number of piperazine rings is 1. The number of rotatable bonds is 5. The maximum Gasteiger partial charge on any atom is 0.336 e. The van der Waals surface area contributed by atoms with Crippen LogP contribution in [0.2, 0.25) is 0 Å². The first kappa shape index (κ1) is 20.7. The second kappa shape index (κ2) is 8.73. The summed E-state index contributed by atoms with van der Waals surface area (Å²) in [5, 5.41) is 1.02. The van der Waals surface area contributed by atoms with Crippen LogP contribution in [0.4, 0.5) is 0 Å². The topological polar surface area (TPSA) is 62.7 Å². The van der Waals surface area contributed by atoms with Gasteiger partial charge in [0.25, 0.3) is 0 Å². The lowest BCUT2D eigenvalue weighted by molar-refractivity contribution is 0.121. The molecule has 2 aromatic carbocycles. The summed E-state index contributed by atoms with van der Waals surface area (Å²) in [7, 11) is 0. The third-order valence-electron chi connectivity index (χ3n) is 6.13. The first-order chi connectivity index (χ1) is 15.5. The van der Waals surface area contributed by atoms with Gasteiger partial charge in [-0.15, -0.1) is 0 Å². The van der Waals surface area contributed by atoms with E-state index in [1.807, 2.05) is 50.2 Å². The first-order valence-electron chi connectivity index (χ1n) is 11.0. The molecule has 0 N–H and O–H groups in total. The Labute approximate surface area is 187 Å². The summed E-state index contributed by atoms with van der Waals surface area (Å²) in [6.07, 6.45) is 0. The van der Waals surface area contributed by atoms with Crippen molar-refractivity contribution in [2.45, 2.75) is 26.9 Å². The Morgan fingerprint density at radius 3 is 2.34 bits per heavy atom. The fourth-order valence-electron chi connectivity index (χ4n) is 4.31. The van der Waals surface area contributed by atoms with Gasteiger partial charge in [0.2, 0.25) is 5.89 Å². The Morgan fingerprint density at radius 1 is 0.875 bits per heavy atom. The molecular formula is C26H27N3O3. The maximum absolute atomic E-state index is 12.0. The van der Waals surface area contributed by atoms with Gasteiger partial charge in [-0.2, -0.15) is 0 Å². The third-order valence-corrected chi connectivity index (χ3v) is 6.13. The van der Waals surface area contributed by atoms with Crippen molar-refractivity contribution >= 4 is 11.0 Å². The van der Waals surface area contributed by atoms with Crippen molar-refractivity contribution < 1.29 is 8.83 Å². The van der Waals surface area contributed by atoms with Gasteiger partial charge in [-0.05, 0) is 43.2 Å². The molecule has 164 valence electrons. The van der Waals surface area contributed by atoms with E-state index in [2.05, 4.69) is 21.9 Å². The van der Waals surface area contributed by atoms with Crippen LogP contribution < -0.4 is 5.63 Å². The monoisotopic (exact) mass is 429 g/mol. The summed E-state index contributed by atoms with van der Waals surface area (Å²) in [5.41, 5.74) is 4.50. The normalized spacial score (nSPS) is 15.4. The molecule has 0 aliphatic carbocycles. The van der Waals surface area contributed by atoms with Crippen molar-refractivity contribution in [1.82, 2.24) is 14.8 Å². The molecule has 0 unspecified atom stereocenters. The van der Waals surface area contributed by atoms with Crippen molar-refractivity contribution in [2.24, 2.45) is 0 Å². The van der Waals surface area contributed by atoms with E-state index in [0.29, 0.717) is 11.5 Å². The number of nitrogens with zero attached hydrogens (tertiary/aromatic N) is 3. The van der Waals surface area contributed by atoms with E-state index in [4.69, 9.17) is 13.8 Å². The van der Waals surface area contributed by atoms with Gasteiger partial charge < -0.3 is 8.83 Å². The Kier molecular flexibility index (Phi) is 5.64. The number of fused-ring (bicyclic) bond motifs is 1. The Balaban J connectivity index is 1.23. The minimum absolute atomic E-state index is 0.285. The number of oxazole rings is 1. The standard InChI is InChI=1S/C26H27N3O3/c1-18-8-9-22-21(15-25(30)32-24(22)14-18)16-28-10-12-29(13-11-28)17-23-19(2)31-26(27-23)20-6-4-3-5-7-20/h3-9,14-15H,10-13,16-17H2,1-2H3. The number of aromatic nitrogens is 1. The summed E-state index contributed by atoms with van der Waals surface area (Å²) in [6, 6.07) is 17.7. The van der Waals surface area contributed by atoms with Gasteiger partial charge in [0, 0.05) is 56.3 Å². The molecule has 2 aromatic heterocycles.